The largest absolute Gasteiger partial charge is 0.496 e. The average molecular weight is 234 g/mol. The summed E-state index contributed by atoms with van der Waals surface area (Å²) in [5.74, 6) is 1.10. The molecule has 0 bridgehead atoms. The number of hydrogen-bond acceptors (Lipinski definition) is 1. The number of aryl methyl sites for hydroxylation is 1. The summed E-state index contributed by atoms with van der Waals surface area (Å²) in [5, 5.41) is 0. The summed E-state index contributed by atoms with van der Waals surface area (Å²) in [5.41, 5.74) is 5.70. The highest BCUT2D eigenvalue weighted by Gasteiger charge is 2.23. The fourth-order valence-corrected chi connectivity index (χ4v) is 2.56. The Bertz CT molecular complexity index is 397. The summed E-state index contributed by atoms with van der Waals surface area (Å²) in [6.45, 7) is 13.4. The van der Waals surface area contributed by atoms with Gasteiger partial charge in [-0.05, 0) is 41.9 Å². The molecular formula is C16H26O. The Kier molecular flexibility index (Phi) is 4.24. The molecule has 1 heteroatoms. The van der Waals surface area contributed by atoms with Crippen LogP contribution in [0.15, 0.2) is 6.07 Å². The van der Waals surface area contributed by atoms with E-state index in [0.29, 0.717) is 0 Å². The molecule has 17 heavy (non-hydrogen) atoms. The molecular weight excluding hydrogens is 208 g/mol. The second kappa shape index (κ2) is 5.12. The Morgan fingerprint density at radius 1 is 1.06 bits per heavy atom. The highest BCUT2D eigenvalue weighted by molar-refractivity contribution is 5.52. The van der Waals surface area contributed by atoms with Gasteiger partial charge in [-0.2, -0.15) is 0 Å². The monoisotopic (exact) mass is 234 g/mol. The van der Waals surface area contributed by atoms with Crippen molar-refractivity contribution < 1.29 is 4.74 Å². The summed E-state index contributed by atoms with van der Waals surface area (Å²) in [7, 11) is 1.79. The lowest BCUT2D eigenvalue weighted by Gasteiger charge is -2.26. The molecule has 0 N–H and O–H groups in total. The van der Waals surface area contributed by atoms with Crippen molar-refractivity contribution in [3.8, 4) is 5.75 Å². The molecule has 0 amide bonds. The Hall–Kier alpha value is -0.980. The lowest BCUT2D eigenvalue weighted by Crippen LogP contribution is -2.15. The lowest BCUT2D eigenvalue weighted by molar-refractivity contribution is 0.392. The highest BCUT2D eigenvalue weighted by Crippen LogP contribution is 2.37. The van der Waals surface area contributed by atoms with E-state index in [-0.39, 0.29) is 5.41 Å². The van der Waals surface area contributed by atoms with Gasteiger partial charge in [0.1, 0.15) is 5.75 Å². The molecule has 0 saturated heterocycles. The Morgan fingerprint density at radius 2 is 1.59 bits per heavy atom. The van der Waals surface area contributed by atoms with E-state index in [1.54, 1.807) is 7.11 Å². The second-order valence-electron chi connectivity index (χ2n) is 5.69. The maximum Gasteiger partial charge on any atom is 0.126 e. The van der Waals surface area contributed by atoms with E-state index >= 15 is 0 Å². The van der Waals surface area contributed by atoms with Crippen LogP contribution in [0.1, 0.15) is 56.9 Å². The van der Waals surface area contributed by atoms with Crippen molar-refractivity contribution in [2.45, 2.75) is 59.8 Å². The zero-order valence-electron chi connectivity index (χ0n) is 12.4. The predicted octanol–water partition coefficient (Wildman–Crippen LogP) is 4.43. The van der Waals surface area contributed by atoms with Crippen LogP contribution in [-0.2, 0) is 18.3 Å². The van der Waals surface area contributed by atoms with Gasteiger partial charge in [0.05, 0.1) is 7.11 Å². The Labute approximate surface area is 106 Å². The first-order chi connectivity index (χ1) is 7.86. The molecule has 0 aliphatic carbocycles. The second-order valence-corrected chi connectivity index (χ2v) is 5.69. The van der Waals surface area contributed by atoms with Gasteiger partial charge >= 0.3 is 0 Å². The first-order valence-corrected chi connectivity index (χ1v) is 6.56. The summed E-state index contributed by atoms with van der Waals surface area (Å²) in [6.07, 6.45) is 2.12. The van der Waals surface area contributed by atoms with Gasteiger partial charge in [0, 0.05) is 5.56 Å². The van der Waals surface area contributed by atoms with Gasteiger partial charge in [0.25, 0.3) is 0 Å². The summed E-state index contributed by atoms with van der Waals surface area (Å²) < 4.78 is 5.69. The van der Waals surface area contributed by atoms with Gasteiger partial charge in [-0.1, -0.05) is 40.7 Å². The van der Waals surface area contributed by atoms with E-state index in [1.807, 2.05) is 0 Å². The molecule has 0 spiro atoms. The van der Waals surface area contributed by atoms with Crippen molar-refractivity contribution in [3.63, 3.8) is 0 Å². The SMILES string of the molecule is CCc1c(C)cc(C(C)(C)C)c(OC)c1CC. The van der Waals surface area contributed by atoms with E-state index in [2.05, 4.69) is 47.6 Å². The van der Waals surface area contributed by atoms with E-state index in [0.717, 1.165) is 18.6 Å². The third kappa shape index (κ3) is 2.65. The topological polar surface area (TPSA) is 9.23 Å². The van der Waals surface area contributed by atoms with Crippen LogP contribution < -0.4 is 4.74 Å². The molecule has 0 aliphatic heterocycles. The predicted molar refractivity (Wildman–Crippen MR) is 75.2 cm³/mol. The summed E-state index contributed by atoms with van der Waals surface area (Å²) >= 11 is 0. The van der Waals surface area contributed by atoms with Crippen LogP contribution in [-0.4, -0.2) is 7.11 Å². The molecule has 1 rings (SSSR count). The number of methoxy groups -OCH3 is 1. The van der Waals surface area contributed by atoms with Crippen molar-refractivity contribution in [2.24, 2.45) is 0 Å². The maximum absolute atomic E-state index is 5.69. The van der Waals surface area contributed by atoms with Crippen molar-refractivity contribution in [1.82, 2.24) is 0 Å². The van der Waals surface area contributed by atoms with Crippen LogP contribution in [0.25, 0.3) is 0 Å². The van der Waals surface area contributed by atoms with E-state index in [4.69, 9.17) is 4.74 Å². The molecule has 0 aliphatic rings. The maximum atomic E-state index is 5.69. The molecule has 0 heterocycles. The van der Waals surface area contributed by atoms with E-state index in [1.165, 1.54) is 22.3 Å². The molecule has 1 nitrogen and oxygen atoms in total. The minimum absolute atomic E-state index is 0.131. The normalized spacial score (nSPS) is 11.7. The molecule has 96 valence electrons. The van der Waals surface area contributed by atoms with Crippen LogP contribution >= 0.6 is 0 Å². The minimum atomic E-state index is 0.131. The van der Waals surface area contributed by atoms with E-state index < -0.39 is 0 Å². The van der Waals surface area contributed by atoms with Crippen LogP contribution in [0.2, 0.25) is 0 Å². The fourth-order valence-electron chi connectivity index (χ4n) is 2.56. The molecule has 1 aromatic carbocycles. The molecule has 0 saturated carbocycles. The molecule has 0 unspecified atom stereocenters. The molecule has 0 atom stereocenters. The molecule has 0 fully saturated rings. The zero-order valence-corrected chi connectivity index (χ0v) is 12.4. The van der Waals surface area contributed by atoms with Gasteiger partial charge in [-0.25, -0.2) is 0 Å². The van der Waals surface area contributed by atoms with Gasteiger partial charge in [-0.3, -0.25) is 0 Å². The van der Waals surface area contributed by atoms with Crippen LogP contribution in [0.3, 0.4) is 0 Å². The first kappa shape index (κ1) is 14.1. The fraction of sp³-hybridized carbons (Fsp3) is 0.625. The smallest absolute Gasteiger partial charge is 0.126 e. The van der Waals surface area contributed by atoms with E-state index in [9.17, 15) is 0 Å². The lowest BCUT2D eigenvalue weighted by atomic mass is 9.81. The van der Waals surface area contributed by atoms with Crippen molar-refractivity contribution in [3.05, 3.63) is 28.3 Å². The average Bonchev–Trinajstić information content (AvgIpc) is 2.26. The number of ether oxygens (including phenoxy) is 1. The van der Waals surface area contributed by atoms with Gasteiger partial charge in [0.15, 0.2) is 0 Å². The van der Waals surface area contributed by atoms with Crippen molar-refractivity contribution >= 4 is 0 Å². The quantitative estimate of drug-likeness (QED) is 0.752. The van der Waals surface area contributed by atoms with Crippen LogP contribution in [0.4, 0.5) is 0 Å². The zero-order chi connectivity index (χ0) is 13.2. The number of rotatable bonds is 3. The van der Waals surface area contributed by atoms with Gasteiger partial charge in [0.2, 0.25) is 0 Å². The van der Waals surface area contributed by atoms with Crippen LogP contribution in [0, 0.1) is 6.92 Å². The standard InChI is InChI=1S/C16H26O/c1-8-12-11(3)10-14(16(4,5)6)15(17-7)13(12)9-2/h10H,8-9H2,1-7H3. The first-order valence-electron chi connectivity index (χ1n) is 6.56. The molecule has 1 aromatic rings. The summed E-state index contributed by atoms with van der Waals surface area (Å²) in [4.78, 5) is 0. The number of hydrogen-bond donors (Lipinski definition) is 0. The van der Waals surface area contributed by atoms with Crippen LogP contribution in [0.5, 0.6) is 5.75 Å². The summed E-state index contributed by atoms with van der Waals surface area (Å²) in [6, 6.07) is 2.30. The third-order valence-electron chi connectivity index (χ3n) is 3.44. The van der Waals surface area contributed by atoms with Gasteiger partial charge in [-0.15, -0.1) is 0 Å². The minimum Gasteiger partial charge on any atom is -0.496 e. The number of benzene rings is 1. The highest BCUT2D eigenvalue weighted by atomic mass is 16.5. The third-order valence-corrected chi connectivity index (χ3v) is 3.44. The van der Waals surface area contributed by atoms with Crippen molar-refractivity contribution in [2.75, 3.05) is 7.11 Å². The Morgan fingerprint density at radius 3 is 1.94 bits per heavy atom. The Balaban J connectivity index is 3.59. The van der Waals surface area contributed by atoms with Crippen molar-refractivity contribution in [1.29, 1.82) is 0 Å². The molecule has 0 aromatic heterocycles. The van der Waals surface area contributed by atoms with Gasteiger partial charge < -0.3 is 4.74 Å². The molecule has 0 radical (unpaired) electrons.